The van der Waals surface area contributed by atoms with Crippen molar-refractivity contribution in [3.05, 3.63) is 65.2 Å². The third-order valence-electron chi connectivity index (χ3n) is 5.92. The first-order valence-electron chi connectivity index (χ1n) is 10.5. The van der Waals surface area contributed by atoms with E-state index in [1.807, 2.05) is 24.3 Å². The van der Waals surface area contributed by atoms with E-state index in [2.05, 4.69) is 16.7 Å². The highest BCUT2D eigenvalue weighted by molar-refractivity contribution is 5.87. The molecule has 2 aromatic carbocycles. The molecule has 2 heterocycles. The molecule has 5 nitrogen and oxygen atoms in total. The average molecular weight is 403 g/mol. The van der Waals surface area contributed by atoms with Crippen LogP contribution in [0.2, 0.25) is 0 Å². The molecule has 5 heteroatoms. The number of hydrogen-bond donors (Lipinski definition) is 1. The topological polar surface area (TPSA) is 66.8 Å². The van der Waals surface area contributed by atoms with Gasteiger partial charge in [0.2, 0.25) is 5.91 Å². The highest BCUT2D eigenvalue weighted by Crippen LogP contribution is 2.35. The van der Waals surface area contributed by atoms with Gasteiger partial charge >= 0.3 is 5.97 Å². The Morgan fingerprint density at radius 1 is 0.967 bits per heavy atom. The number of benzene rings is 2. The fourth-order valence-corrected chi connectivity index (χ4v) is 4.24. The van der Waals surface area contributed by atoms with Crippen molar-refractivity contribution in [2.24, 2.45) is 5.92 Å². The minimum absolute atomic E-state index is 0.249. The van der Waals surface area contributed by atoms with Gasteiger partial charge in [0.05, 0.1) is 12.2 Å². The van der Waals surface area contributed by atoms with Crippen LogP contribution in [-0.4, -0.2) is 41.1 Å². The minimum Gasteiger partial charge on any atom is -0.494 e. The van der Waals surface area contributed by atoms with E-state index in [1.54, 1.807) is 24.3 Å². The molecule has 0 radical (unpaired) electrons. The fraction of sp³-hybridized carbons (Fsp3) is 0.360. The summed E-state index contributed by atoms with van der Waals surface area (Å²) in [6, 6.07) is 14.5. The zero-order valence-corrected chi connectivity index (χ0v) is 16.8. The van der Waals surface area contributed by atoms with E-state index in [-0.39, 0.29) is 11.5 Å². The van der Waals surface area contributed by atoms with Crippen LogP contribution in [0.15, 0.2) is 48.5 Å². The Bertz CT molecular complexity index is 961. The van der Waals surface area contributed by atoms with Gasteiger partial charge in [-0.05, 0) is 80.6 Å². The number of carbonyl (C=O) groups excluding carboxylic acids is 1. The number of ether oxygens (including phenoxy) is 1. The smallest absolute Gasteiger partial charge is 0.335 e. The second kappa shape index (κ2) is 9.04. The standard InChI is InChI=1S/C25H25NO4/c27-24-20-10-12-22(13-11-20)26(24)16-1-17-30-23-14-6-19(7-15-23)3-2-18-4-8-21(9-5-18)25(28)29/h4-9,14-15,20,22H,1,10-13,16-17H2,(H,28,29). The SMILES string of the molecule is O=C(O)c1ccc(C#Cc2ccc(OCCCN3C(=O)C4CCC3CC4)cc2)cc1. The molecule has 0 atom stereocenters. The van der Waals surface area contributed by atoms with E-state index in [0.29, 0.717) is 18.6 Å². The second-order valence-corrected chi connectivity index (χ2v) is 7.90. The van der Waals surface area contributed by atoms with Gasteiger partial charge in [0.25, 0.3) is 0 Å². The quantitative estimate of drug-likeness (QED) is 0.586. The Kier molecular flexibility index (Phi) is 6.04. The van der Waals surface area contributed by atoms with Gasteiger partial charge in [-0.3, -0.25) is 4.79 Å². The summed E-state index contributed by atoms with van der Waals surface area (Å²) in [4.78, 5) is 25.3. The zero-order chi connectivity index (χ0) is 20.9. The van der Waals surface area contributed by atoms with Crippen molar-refractivity contribution in [1.82, 2.24) is 4.90 Å². The summed E-state index contributed by atoms with van der Waals surface area (Å²) in [5, 5.41) is 8.92. The highest BCUT2D eigenvalue weighted by atomic mass is 16.5. The van der Waals surface area contributed by atoms with Gasteiger partial charge in [-0.15, -0.1) is 0 Å². The predicted molar refractivity (Wildman–Crippen MR) is 113 cm³/mol. The van der Waals surface area contributed by atoms with E-state index < -0.39 is 5.97 Å². The van der Waals surface area contributed by atoms with E-state index in [4.69, 9.17) is 9.84 Å². The normalized spacial score (nSPS) is 19.9. The van der Waals surface area contributed by atoms with E-state index in [1.165, 1.54) is 0 Å². The number of carboxylic acids is 1. The summed E-state index contributed by atoms with van der Waals surface area (Å²) in [6.07, 6.45) is 5.29. The van der Waals surface area contributed by atoms with Crippen molar-refractivity contribution in [3.8, 4) is 17.6 Å². The first-order chi connectivity index (χ1) is 14.6. The molecule has 0 aromatic heterocycles. The molecule has 2 aromatic rings. The summed E-state index contributed by atoms with van der Waals surface area (Å²) in [7, 11) is 0. The van der Waals surface area contributed by atoms with Crippen LogP contribution >= 0.6 is 0 Å². The lowest BCUT2D eigenvalue weighted by atomic mass is 9.79. The summed E-state index contributed by atoms with van der Waals surface area (Å²) in [5.74, 6) is 6.56. The lowest BCUT2D eigenvalue weighted by Gasteiger charge is -2.44. The van der Waals surface area contributed by atoms with Crippen molar-refractivity contribution in [2.75, 3.05) is 13.2 Å². The predicted octanol–water partition coefficient (Wildman–Crippen LogP) is 3.95. The van der Waals surface area contributed by atoms with Crippen LogP contribution in [0.5, 0.6) is 5.75 Å². The number of fused-ring (bicyclic) bond motifs is 3. The summed E-state index contributed by atoms with van der Waals surface area (Å²) in [5.41, 5.74) is 1.88. The summed E-state index contributed by atoms with van der Waals surface area (Å²) < 4.78 is 5.82. The van der Waals surface area contributed by atoms with Gasteiger partial charge in [-0.1, -0.05) is 11.8 Å². The highest BCUT2D eigenvalue weighted by Gasteiger charge is 2.39. The summed E-state index contributed by atoms with van der Waals surface area (Å²) >= 11 is 0. The molecule has 0 spiro atoms. The fourth-order valence-electron chi connectivity index (χ4n) is 4.24. The molecule has 1 saturated carbocycles. The first kappa shape index (κ1) is 20.0. The Morgan fingerprint density at radius 2 is 1.57 bits per heavy atom. The van der Waals surface area contributed by atoms with Crippen molar-refractivity contribution in [1.29, 1.82) is 0 Å². The molecular weight excluding hydrogens is 378 g/mol. The van der Waals surface area contributed by atoms with Crippen LogP contribution in [-0.2, 0) is 4.79 Å². The Morgan fingerprint density at radius 3 is 2.13 bits per heavy atom. The van der Waals surface area contributed by atoms with Crippen molar-refractivity contribution in [2.45, 2.75) is 38.1 Å². The lowest BCUT2D eigenvalue weighted by Crippen LogP contribution is -2.52. The number of carboxylic acid groups (broad SMARTS) is 1. The number of aromatic carboxylic acids is 1. The van der Waals surface area contributed by atoms with Crippen LogP contribution < -0.4 is 4.74 Å². The Balaban J connectivity index is 1.24. The molecule has 2 bridgehead atoms. The van der Waals surface area contributed by atoms with Crippen LogP contribution in [0.4, 0.5) is 0 Å². The lowest BCUT2D eigenvalue weighted by molar-refractivity contribution is -0.147. The monoisotopic (exact) mass is 403 g/mol. The largest absolute Gasteiger partial charge is 0.494 e. The van der Waals surface area contributed by atoms with Crippen LogP contribution in [0.1, 0.15) is 53.6 Å². The average Bonchev–Trinajstić information content (AvgIpc) is 2.78. The van der Waals surface area contributed by atoms with Gasteiger partial charge < -0.3 is 14.7 Å². The van der Waals surface area contributed by atoms with Crippen molar-refractivity contribution >= 4 is 11.9 Å². The maximum Gasteiger partial charge on any atom is 0.335 e. The van der Waals surface area contributed by atoms with Crippen molar-refractivity contribution in [3.63, 3.8) is 0 Å². The molecular formula is C25H25NO4. The third kappa shape index (κ3) is 4.65. The van der Waals surface area contributed by atoms with Crippen molar-refractivity contribution < 1.29 is 19.4 Å². The van der Waals surface area contributed by atoms with Gasteiger partial charge in [0.1, 0.15) is 5.75 Å². The van der Waals surface area contributed by atoms with Gasteiger partial charge in [-0.25, -0.2) is 4.79 Å². The first-order valence-corrected chi connectivity index (χ1v) is 10.5. The number of piperidine rings is 2. The second-order valence-electron chi connectivity index (χ2n) is 7.90. The Labute approximate surface area is 176 Å². The molecule has 1 aliphatic carbocycles. The summed E-state index contributed by atoms with van der Waals surface area (Å²) in [6.45, 7) is 1.37. The maximum atomic E-state index is 12.3. The molecule has 5 rings (SSSR count). The minimum atomic E-state index is -0.945. The number of rotatable bonds is 6. The van der Waals surface area contributed by atoms with Crippen LogP contribution in [0.25, 0.3) is 0 Å². The van der Waals surface area contributed by atoms with Gasteiger partial charge in [-0.2, -0.15) is 0 Å². The number of nitrogens with zero attached hydrogens (tertiary/aromatic N) is 1. The molecule has 1 amide bonds. The molecule has 3 aliphatic rings. The maximum absolute atomic E-state index is 12.3. The molecule has 2 aliphatic heterocycles. The van der Waals surface area contributed by atoms with Gasteiger partial charge in [0, 0.05) is 29.6 Å². The van der Waals surface area contributed by atoms with Crippen LogP contribution in [0, 0.1) is 17.8 Å². The molecule has 2 saturated heterocycles. The Hall–Kier alpha value is -3.26. The van der Waals surface area contributed by atoms with Crippen LogP contribution in [0.3, 0.4) is 0 Å². The number of carbonyl (C=O) groups is 2. The molecule has 1 N–H and O–H groups in total. The van der Waals surface area contributed by atoms with E-state index in [9.17, 15) is 9.59 Å². The molecule has 0 unspecified atom stereocenters. The zero-order valence-electron chi connectivity index (χ0n) is 16.8. The number of amides is 1. The van der Waals surface area contributed by atoms with E-state index in [0.717, 1.165) is 55.5 Å². The molecule has 30 heavy (non-hydrogen) atoms. The van der Waals surface area contributed by atoms with E-state index >= 15 is 0 Å². The number of hydrogen-bond acceptors (Lipinski definition) is 3. The molecule has 3 fully saturated rings. The van der Waals surface area contributed by atoms with Gasteiger partial charge in [0.15, 0.2) is 0 Å². The molecule has 154 valence electrons. The third-order valence-corrected chi connectivity index (χ3v) is 5.92.